The van der Waals surface area contributed by atoms with Gasteiger partial charge in [-0.05, 0) is 55.7 Å². The van der Waals surface area contributed by atoms with Gasteiger partial charge in [0.2, 0.25) is 0 Å². The van der Waals surface area contributed by atoms with Gasteiger partial charge in [-0.15, -0.1) is 22.0 Å². The second-order valence-corrected chi connectivity index (χ2v) is 12.1. The van der Waals surface area contributed by atoms with Crippen LogP contribution in [0.3, 0.4) is 0 Å². The van der Waals surface area contributed by atoms with E-state index in [1.807, 2.05) is 42.5 Å². The maximum atomic E-state index is 13.0. The number of aromatic nitrogens is 3. The van der Waals surface area contributed by atoms with Gasteiger partial charge in [-0.3, -0.25) is 4.79 Å². The molecule has 1 unspecified atom stereocenters. The van der Waals surface area contributed by atoms with Crippen molar-refractivity contribution in [2.45, 2.75) is 48.8 Å². The van der Waals surface area contributed by atoms with E-state index in [1.165, 1.54) is 18.2 Å². The highest BCUT2D eigenvalue weighted by atomic mass is 32.2. The maximum absolute atomic E-state index is 13.0. The van der Waals surface area contributed by atoms with Gasteiger partial charge in [0.25, 0.3) is 5.91 Å². The Kier molecular flexibility index (Phi) is 6.25. The number of carbonyl (C=O) groups is 1. The fourth-order valence-electron chi connectivity index (χ4n) is 4.39. The van der Waals surface area contributed by atoms with Gasteiger partial charge in [0.05, 0.1) is 17.1 Å². The standard InChI is InChI=1S/C24H26N4O3S2/c29-24(20-6-3-4-7-21(20)32-19-13-15-33(30,31)16-19)25-18-11-9-17(10-12-18)23-27-26-22-8-2-1-5-14-28(22)23/h3-4,6-7,9-12,19H,1-2,5,8,13-16H2,(H,25,29). The summed E-state index contributed by atoms with van der Waals surface area (Å²) < 4.78 is 25.8. The highest BCUT2D eigenvalue weighted by Crippen LogP contribution is 2.33. The predicted molar refractivity (Wildman–Crippen MR) is 130 cm³/mol. The molecule has 1 amide bonds. The Morgan fingerprint density at radius 3 is 2.64 bits per heavy atom. The zero-order valence-electron chi connectivity index (χ0n) is 18.2. The molecule has 0 saturated carbocycles. The number of hydrogen-bond acceptors (Lipinski definition) is 6. The molecule has 7 nitrogen and oxygen atoms in total. The number of rotatable bonds is 5. The summed E-state index contributed by atoms with van der Waals surface area (Å²) in [7, 11) is -2.96. The van der Waals surface area contributed by atoms with E-state index < -0.39 is 9.84 Å². The van der Waals surface area contributed by atoms with Crippen molar-refractivity contribution in [2.75, 3.05) is 16.8 Å². The average molecular weight is 483 g/mol. The smallest absolute Gasteiger partial charge is 0.256 e. The molecule has 5 rings (SSSR count). The number of sulfone groups is 1. The second-order valence-electron chi connectivity index (χ2n) is 8.57. The van der Waals surface area contributed by atoms with Crippen molar-refractivity contribution in [3.05, 3.63) is 59.9 Å². The molecule has 2 aliphatic heterocycles. The first-order valence-corrected chi connectivity index (χ1v) is 14.0. The first-order valence-electron chi connectivity index (χ1n) is 11.3. The monoisotopic (exact) mass is 482 g/mol. The van der Waals surface area contributed by atoms with E-state index in [9.17, 15) is 13.2 Å². The molecule has 3 heterocycles. The van der Waals surface area contributed by atoms with Crippen LogP contribution >= 0.6 is 11.8 Å². The minimum absolute atomic E-state index is 0.0125. The molecule has 1 saturated heterocycles. The molecule has 33 heavy (non-hydrogen) atoms. The third-order valence-corrected chi connectivity index (χ3v) is 9.45. The number of thioether (sulfide) groups is 1. The van der Waals surface area contributed by atoms with Crippen molar-refractivity contribution < 1.29 is 13.2 Å². The molecule has 9 heteroatoms. The van der Waals surface area contributed by atoms with Crippen LogP contribution in [0.4, 0.5) is 5.69 Å². The number of hydrogen-bond donors (Lipinski definition) is 1. The lowest BCUT2D eigenvalue weighted by molar-refractivity contribution is 0.102. The van der Waals surface area contributed by atoms with Gasteiger partial charge in [-0.25, -0.2) is 8.42 Å². The third-order valence-electron chi connectivity index (χ3n) is 6.13. The number of amides is 1. The van der Waals surface area contributed by atoms with Crippen LogP contribution in [-0.4, -0.2) is 45.8 Å². The summed E-state index contributed by atoms with van der Waals surface area (Å²) in [4.78, 5) is 13.8. The molecule has 1 aromatic heterocycles. The van der Waals surface area contributed by atoms with Gasteiger partial charge in [-0.2, -0.15) is 0 Å². The van der Waals surface area contributed by atoms with Crippen LogP contribution in [0, 0.1) is 0 Å². The minimum Gasteiger partial charge on any atom is -0.322 e. The number of benzene rings is 2. The molecular weight excluding hydrogens is 456 g/mol. The molecule has 3 aromatic rings. The molecule has 0 bridgehead atoms. The highest BCUT2D eigenvalue weighted by Gasteiger charge is 2.29. The number of carbonyl (C=O) groups excluding carboxylic acids is 1. The zero-order chi connectivity index (χ0) is 22.8. The van der Waals surface area contributed by atoms with Crippen LogP contribution in [-0.2, 0) is 22.8 Å². The van der Waals surface area contributed by atoms with E-state index in [1.54, 1.807) is 6.07 Å². The SMILES string of the molecule is O=C(Nc1ccc(-c2nnc3n2CCCCC3)cc1)c1ccccc1SC1CCS(=O)(=O)C1. The van der Waals surface area contributed by atoms with E-state index >= 15 is 0 Å². The van der Waals surface area contributed by atoms with Crippen LogP contribution in [0.15, 0.2) is 53.4 Å². The Hall–Kier alpha value is -2.65. The largest absolute Gasteiger partial charge is 0.322 e. The van der Waals surface area contributed by atoms with Crippen molar-refractivity contribution in [3.63, 3.8) is 0 Å². The van der Waals surface area contributed by atoms with Crippen LogP contribution < -0.4 is 5.32 Å². The van der Waals surface area contributed by atoms with Crippen molar-refractivity contribution in [1.29, 1.82) is 0 Å². The topological polar surface area (TPSA) is 93.9 Å². The lowest BCUT2D eigenvalue weighted by atomic mass is 10.1. The predicted octanol–water partition coefficient (Wildman–Crippen LogP) is 4.20. The van der Waals surface area contributed by atoms with E-state index in [0.717, 1.165) is 47.9 Å². The Morgan fingerprint density at radius 1 is 1.03 bits per heavy atom. The summed E-state index contributed by atoms with van der Waals surface area (Å²) in [6, 6.07) is 15.0. The highest BCUT2D eigenvalue weighted by molar-refractivity contribution is 8.02. The quantitative estimate of drug-likeness (QED) is 0.586. The van der Waals surface area contributed by atoms with Gasteiger partial charge < -0.3 is 9.88 Å². The zero-order valence-corrected chi connectivity index (χ0v) is 19.9. The molecule has 0 aliphatic carbocycles. The van der Waals surface area contributed by atoms with Crippen molar-refractivity contribution in [3.8, 4) is 11.4 Å². The van der Waals surface area contributed by atoms with Crippen molar-refractivity contribution in [1.82, 2.24) is 14.8 Å². The summed E-state index contributed by atoms with van der Waals surface area (Å²) in [5.74, 6) is 2.10. The van der Waals surface area contributed by atoms with Crippen LogP contribution in [0.1, 0.15) is 41.9 Å². The Balaban J connectivity index is 1.30. The van der Waals surface area contributed by atoms with E-state index in [2.05, 4.69) is 20.1 Å². The molecule has 172 valence electrons. The van der Waals surface area contributed by atoms with E-state index in [0.29, 0.717) is 17.7 Å². The lowest BCUT2D eigenvalue weighted by Crippen LogP contribution is -2.14. The fraction of sp³-hybridized carbons (Fsp3) is 0.375. The molecule has 0 spiro atoms. The van der Waals surface area contributed by atoms with Gasteiger partial charge in [-0.1, -0.05) is 18.6 Å². The normalized spacial score (nSPS) is 19.6. The second kappa shape index (κ2) is 9.30. The van der Waals surface area contributed by atoms with Gasteiger partial charge in [0.15, 0.2) is 15.7 Å². The molecule has 0 radical (unpaired) electrons. The minimum atomic E-state index is -2.96. The summed E-state index contributed by atoms with van der Waals surface area (Å²) in [6.45, 7) is 0.937. The van der Waals surface area contributed by atoms with Crippen LogP contribution in [0.25, 0.3) is 11.4 Å². The number of nitrogens with zero attached hydrogens (tertiary/aromatic N) is 3. The first-order chi connectivity index (χ1) is 16.0. The Morgan fingerprint density at radius 2 is 1.85 bits per heavy atom. The van der Waals surface area contributed by atoms with Gasteiger partial charge in [0, 0.05) is 34.4 Å². The number of fused-ring (bicyclic) bond motifs is 1. The van der Waals surface area contributed by atoms with Crippen LogP contribution in [0.2, 0.25) is 0 Å². The van der Waals surface area contributed by atoms with Crippen LogP contribution in [0.5, 0.6) is 0 Å². The molecule has 1 fully saturated rings. The van der Waals surface area contributed by atoms with Gasteiger partial charge >= 0.3 is 0 Å². The third kappa shape index (κ3) is 4.99. The molecule has 2 aliphatic rings. The Labute approximate surface area is 197 Å². The number of nitrogens with one attached hydrogen (secondary N) is 1. The molecular formula is C24H26N4O3S2. The fourth-order valence-corrected chi connectivity index (χ4v) is 8.02. The number of anilines is 1. The summed E-state index contributed by atoms with van der Waals surface area (Å²) in [6.07, 6.45) is 5.09. The summed E-state index contributed by atoms with van der Waals surface area (Å²) in [5.41, 5.74) is 2.23. The van der Waals surface area contributed by atoms with E-state index in [-0.39, 0.29) is 22.7 Å². The lowest BCUT2D eigenvalue weighted by Gasteiger charge is -2.13. The number of aryl methyl sites for hydroxylation is 1. The average Bonchev–Trinajstić information content (AvgIpc) is 3.27. The van der Waals surface area contributed by atoms with Gasteiger partial charge in [0.1, 0.15) is 5.82 Å². The first kappa shape index (κ1) is 22.2. The van der Waals surface area contributed by atoms with Crippen molar-refractivity contribution >= 4 is 33.2 Å². The summed E-state index contributed by atoms with van der Waals surface area (Å²) >= 11 is 1.48. The molecule has 1 N–H and O–H groups in total. The molecule has 2 aromatic carbocycles. The maximum Gasteiger partial charge on any atom is 0.256 e. The van der Waals surface area contributed by atoms with Crippen molar-refractivity contribution in [2.24, 2.45) is 0 Å². The molecule has 1 atom stereocenters. The summed E-state index contributed by atoms with van der Waals surface area (Å²) in [5, 5.41) is 11.7. The van der Waals surface area contributed by atoms with E-state index in [4.69, 9.17) is 0 Å². The Bertz CT molecular complexity index is 1270.